The highest BCUT2D eigenvalue weighted by atomic mass is 35.5. The Balaban J connectivity index is 1.56. The topological polar surface area (TPSA) is 107 Å². The third kappa shape index (κ3) is 4.53. The van der Waals surface area contributed by atoms with E-state index in [0.29, 0.717) is 23.5 Å². The lowest BCUT2D eigenvalue weighted by Crippen LogP contribution is -2.23. The summed E-state index contributed by atoms with van der Waals surface area (Å²) in [4.78, 5) is 34.1. The zero-order chi connectivity index (χ0) is 19.4. The van der Waals surface area contributed by atoms with Crippen LogP contribution in [0.15, 0.2) is 51.7 Å². The van der Waals surface area contributed by atoms with Crippen LogP contribution in [-0.4, -0.2) is 15.4 Å². The van der Waals surface area contributed by atoms with Crippen molar-refractivity contribution in [2.45, 2.75) is 25.9 Å². The van der Waals surface area contributed by atoms with E-state index in [0.717, 1.165) is 5.56 Å². The molecule has 1 heterocycles. The van der Waals surface area contributed by atoms with E-state index in [-0.39, 0.29) is 30.1 Å². The molecule has 140 valence electrons. The number of aromatic nitrogens is 1. The number of nitro groups is 1. The third-order valence-electron chi connectivity index (χ3n) is 4.05. The van der Waals surface area contributed by atoms with Gasteiger partial charge in [0.25, 0.3) is 5.69 Å². The zero-order valence-electron chi connectivity index (χ0n) is 14.2. The highest BCUT2D eigenvalue weighted by Gasteiger charge is 2.14. The molecule has 0 saturated carbocycles. The molecule has 0 saturated heterocycles. The van der Waals surface area contributed by atoms with Crippen LogP contribution in [0.4, 0.5) is 5.69 Å². The van der Waals surface area contributed by atoms with Crippen molar-refractivity contribution in [1.82, 2.24) is 9.88 Å². The molecule has 0 radical (unpaired) electrons. The summed E-state index contributed by atoms with van der Waals surface area (Å²) in [5.41, 5.74) is 1.41. The molecule has 0 spiro atoms. The summed E-state index contributed by atoms with van der Waals surface area (Å²) in [6.45, 7) is 0.673. The minimum Gasteiger partial charge on any atom is -0.407 e. The van der Waals surface area contributed by atoms with Crippen LogP contribution < -0.4 is 11.1 Å². The number of halogens is 1. The largest absolute Gasteiger partial charge is 0.419 e. The van der Waals surface area contributed by atoms with E-state index < -0.39 is 10.7 Å². The van der Waals surface area contributed by atoms with E-state index in [1.54, 1.807) is 12.1 Å². The maximum Gasteiger partial charge on any atom is 0.419 e. The number of nitrogens with zero attached hydrogens (tertiary/aromatic N) is 2. The van der Waals surface area contributed by atoms with Gasteiger partial charge in [0, 0.05) is 30.6 Å². The Morgan fingerprint density at radius 1 is 1.22 bits per heavy atom. The molecule has 3 rings (SSSR count). The Labute approximate surface area is 158 Å². The van der Waals surface area contributed by atoms with Crippen LogP contribution in [0.25, 0.3) is 11.1 Å². The van der Waals surface area contributed by atoms with Crippen LogP contribution in [0.2, 0.25) is 5.02 Å². The van der Waals surface area contributed by atoms with Crippen molar-refractivity contribution in [3.63, 3.8) is 0 Å². The summed E-state index contributed by atoms with van der Waals surface area (Å²) < 4.78 is 6.42. The molecule has 0 fully saturated rings. The molecule has 27 heavy (non-hydrogen) atoms. The number of oxazole rings is 1. The standard InChI is InChI=1S/C18H16ClN3O5/c19-13-5-3-12(4-6-13)11-20-17(23)2-1-9-21-15-8-7-14(22(25)26)10-16(15)27-18(21)24/h3-8,10H,1-2,9,11H2,(H,20,23). The van der Waals surface area contributed by atoms with Gasteiger partial charge >= 0.3 is 5.76 Å². The van der Waals surface area contributed by atoms with Crippen molar-refractivity contribution < 1.29 is 14.1 Å². The van der Waals surface area contributed by atoms with Crippen molar-refractivity contribution in [2.24, 2.45) is 0 Å². The van der Waals surface area contributed by atoms with Crippen LogP contribution in [0.5, 0.6) is 0 Å². The van der Waals surface area contributed by atoms with Gasteiger partial charge in [-0.25, -0.2) is 4.79 Å². The first kappa shape index (κ1) is 18.7. The van der Waals surface area contributed by atoms with Crippen molar-refractivity contribution in [3.05, 3.63) is 73.7 Å². The molecule has 0 bridgehead atoms. The van der Waals surface area contributed by atoms with Crippen LogP contribution >= 0.6 is 11.6 Å². The number of rotatable bonds is 7. The number of nitro benzene ring substituents is 1. The monoisotopic (exact) mass is 389 g/mol. The molecule has 0 atom stereocenters. The van der Waals surface area contributed by atoms with Crippen molar-refractivity contribution in [3.8, 4) is 0 Å². The summed E-state index contributed by atoms with van der Waals surface area (Å²) in [6, 6.07) is 11.2. The second-order valence-electron chi connectivity index (χ2n) is 5.94. The number of benzene rings is 2. The van der Waals surface area contributed by atoms with Gasteiger partial charge in [-0.3, -0.25) is 19.5 Å². The van der Waals surface area contributed by atoms with Crippen LogP contribution in [0, 0.1) is 10.1 Å². The van der Waals surface area contributed by atoms with Crippen molar-refractivity contribution in [1.29, 1.82) is 0 Å². The number of non-ortho nitro benzene ring substituents is 1. The smallest absolute Gasteiger partial charge is 0.407 e. The van der Waals surface area contributed by atoms with Crippen molar-refractivity contribution in [2.75, 3.05) is 0 Å². The molecular weight excluding hydrogens is 374 g/mol. The summed E-state index contributed by atoms with van der Waals surface area (Å²) in [7, 11) is 0. The third-order valence-corrected chi connectivity index (χ3v) is 4.30. The van der Waals surface area contributed by atoms with E-state index in [9.17, 15) is 19.7 Å². The highest BCUT2D eigenvalue weighted by Crippen LogP contribution is 2.20. The van der Waals surface area contributed by atoms with Crippen LogP contribution in [0.3, 0.4) is 0 Å². The molecule has 1 amide bonds. The minimum atomic E-state index is -0.605. The molecular formula is C18H16ClN3O5. The number of fused-ring (bicyclic) bond motifs is 1. The Morgan fingerprint density at radius 2 is 1.96 bits per heavy atom. The Kier molecular flexibility index (Phi) is 5.56. The Hall–Kier alpha value is -3.13. The van der Waals surface area contributed by atoms with E-state index in [1.165, 1.54) is 22.8 Å². The van der Waals surface area contributed by atoms with Gasteiger partial charge in [-0.2, -0.15) is 0 Å². The summed E-state index contributed by atoms with van der Waals surface area (Å²) >= 11 is 5.81. The summed E-state index contributed by atoms with van der Waals surface area (Å²) in [5.74, 6) is -0.742. The average molecular weight is 390 g/mol. The van der Waals surface area contributed by atoms with Gasteiger partial charge in [-0.1, -0.05) is 23.7 Å². The molecule has 1 N–H and O–H groups in total. The molecule has 1 aromatic heterocycles. The number of hydrogen-bond acceptors (Lipinski definition) is 5. The van der Waals surface area contributed by atoms with E-state index in [1.807, 2.05) is 12.1 Å². The van der Waals surface area contributed by atoms with Gasteiger partial charge in [0.2, 0.25) is 5.91 Å². The van der Waals surface area contributed by atoms with E-state index in [2.05, 4.69) is 5.32 Å². The van der Waals surface area contributed by atoms with Gasteiger partial charge in [-0.15, -0.1) is 0 Å². The molecule has 0 aliphatic heterocycles. The SMILES string of the molecule is O=C(CCCn1c(=O)oc2cc([N+](=O)[O-])ccc21)NCc1ccc(Cl)cc1. The fraction of sp³-hybridized carbons (Fsp3) is 0.222. The van der Waals surface area contributed by atoms with Gasteiger partial charge in [0.1, 0.15) is 0 Å². The number of nitrogens with one attached hydrogen (secondary N) is 1. The number of carbonyl (C=O) groups is 1. The van der Waals surface area contributed by atoms with Gasteiger partial charge < -0.3 is 9.73 Å². The molecule has 0 unspecified atom stereocenters. The molecule has 0 aliphatic rings. The number of amides is 1. The van der Waals surface area contributed by atoms with Crippen LogP contribution in [0.1, 0.15) is 18.4 Å². The zero-order valence-corrected chi connectivity index (χ0v) is 14.9. The molecule has 2 aromatic carbocycles. The van der Waals surface area contributed by atoms with Crippen molar-refractivity contribution >= 4 is 34.3 Å². The van der Waals surface area contributed by atoms with Crippen LogP contribution in [-0.2, 0) is 17.9 Å². The van der Waals surface area contributed by atoms with Gasteiger partial charge in [0.15, 0.2) is 5.58 Å². The lowest BCUT2D eigenvalue weighted by Gasteiger charge is -2.06. The maximum atomic E-state index is 12.0. The second kappa shape index (κ2) is 8.05. The molecule has 9 heteroatoms. The molecule has 3 aromatic rings. The average Bonchev–Trinajstić information content (AvgIpc) is 2.96. The lowest BCUT2D eigenvalue weighted by molar-refractivity contribution is -0.384. The summed E-state index contributed by atoms with van der Waals surface area (Å²) in [5, 5.41) is 14.2. The Bertz CT molecular complexity index is 1040. The first-order chi connectivity index (χ1) is 12.9. The fourth-order valence-electron chi connectivity index (χ4n) is 2.67. The Morgan fingerprint density at radius 3 is 2.67 bits per heavy atom. The number of carbonyl (C=O) groups excluding carboxylic acids is 1. The first-order valence-electron chi connectivity index (χ1n) is 8.23. The minimum absolute atomic E-state index is 0.138. The van der Waals surface area contributed by atoms with E-state index in [4.69, 9.17) is 16.0 Å². The quantitative estimate of drug-likeness (QED) is 0.493. The fourth-order valence-corrected chi connectivity index (χ4v) is 2.80. The van der Waals surface area contributed by atoms with E-state index >= 15 is 0 Å². The molecule has 8 nitrogen and oxygen atoms in total. The number of hydrogen-bond donors (Lipinski definition) is 1. The normalized spacial score (nSPS) is 10.9. The van der Waals surface area contributed by atoms with Gasteiger partial charge in [0.05, 0.1) is 16.5 Å². The first-order valence-corrected chi connectivity index (χ1v) is 8.61. The second-order valence-corrected chi connectivity index (χ2v) is 6.37. The predicted octanol–water partition coefficient (Wildman–Crippen LogP) is 3.25. The predicted molar refractivity (Wildman–Crippen MR) is 99.7 cm³/mol. The molecule has 0 aliphatic carbocycles. The summed E-state index contributed by atoms with van der Waals surface area (Å²) in [6.07, 6.45) is 0.664. The van der Waals surface area contributed by atoms with Gasteiger partial charge in [-0.05, 0) is 30.2 Å². The highest BCUT2D eigenvalue weighted by molar-refractivity contribution is 6.30. The maximum absolute atomic E-state index is 12.0. The lowest BCUT2D eigenvalue weighted by atomic mass is 10.2. The number of aryl methyl sites for hydroxylation is 1.